The lowest BCUT2D eigenvalue weighted by molar-refractivity contribution is -0.0499. The summed E-state index contributed by atoms with van der Waals surface area (Å²) in [5, 5.41) is 4.56. The van der Waals surface area contributed by atoms with Crippen LogP contribution in [0.2, 0.25) is 0 Å². The van der Waals surface area contributed by atoms with Gasteiger partial charge in [0, 0.05) is 12.0 Å². The standard InChI is InChI=1S/C19H18F4N2O4S/c1-2-12-14(20)7-6-11-9-15-13(10-24-25(15)16-5-3-4-8-28-16)18(17(11)12)29-30(26,27)19(21,22)23/h6-7,9-10,16H,2-5,8H2,1H3. The SMILES string of the molecule is CCc1c(F)ccc2cc3c(cnn3C3CCCCO3)c(OS(=O)(=O)C(F)(F)F)c12. The molecule has 0 spiro atoms. The minimum absolute atomic E-state index is 0.0260. The van der Waals surface area contributed by atoms with Crippen LogP contribution < -0.4 is 4.18 Å². The number of nitrogens with zero attached hydrogens (tertiary/aromatic N) is 2. The molecule has 2 aromatic carbocycles. The van der Waals surface area contributed by atoms with Crippen LogP contribution in [0.25, 0.3) is 21.7 Å². The minimum atomic E-state index is -5.98. The lowest BCUT2D eigenvalue weighted by atomic mass is 9.99. The molecule has 0 bridgehead atoms. The van der Waals surface area contributed by atoms with Crippen LogP contribution >= 0.6 is 0 Å². The van der Waals surface area contributed by atoms with E-state index in [2.05, 4.69) is 9.28 Å². The van der Waals surface area contributed by atoms with Gasteiger partial charge in [0.25, 0.3) is 0 Å². The van der Waals surface area contributed by atoms with Gasteiger partial charge in [-0.3, -0.25) is 0 Å². The molecule has 11 heteroatoms. The van der Waals surface area contributed by atoms with Crippen molar-refractivity contribution in [1.29, 1.82) is 0 Å². The number of benzene rings is 2. The highest BCUT2D eigenvalue weighted by molar-refractivity contribution is 7.88. The Kier molecular flexibility index (Phi) is 5.13. The fourth-order valence-corrected chi connectivity index (χ4v) is 4.22. The monoisotopic (exact) mass is 446 g/mol. The second kappa shape index (κ2) is 7.38. The average molecular weight is 446 g/mol. The molecule has 1 fully saturated rings. The van der Waals surface area contributed by atoms with Crippen molar-refractivity contribution >= 4 is 31.8 Å². The van der Waals surface area contributed by atoms with Gasteiger partial charge in [0.2, 0.25) is 0 Å². The van der Waals surface area contributed by atoms with Gasteiger partial charge in [-0.15, -0.1) is 0 Å². The van der Waals surface area contributed by atoms with Gasteiger partial charge in [-0.25, -0.2) is 9.07 Å². The largest absolute Gasteiger partial charge is 0.534 e. The second-order valence-corrected chi connectivity index (χ2v) is 8.55. The predicted octanol–water partition coefficient (Wildman–Crippen LogP) is 4.82. The topological polar surface area (TPSA) is 70.4 Å². The molecule has 0 N–H and O–H groups in total. The molecule has 30 heavy (non-hydrogen) atoms. The summed E-state index contributed by atoms with van der Waals surface area (Å²) < 4.78 is 88.9. The number of hydrogen-bond acceptors (Lipinski definition) is 5. The zero-order chi connectivity index (χ0) is 21.7. The third-order valence-corrected chi connectivity index (χ3v) is 6.10. The Morgan fingerprint density at radius 2 is 2.07 bits per heavy atom. The number of hydrogen-bond donors (Lipinski definition) is 0. The van der Waals surface area contributed by atoms with Gasteiger partial charge in [0.15, 0.2) is 12.0 Å². The number of rotatable bonds is 4. The van der Waals surface area contributed by atoms with E-state index in [1.54, 1.807) is 13.0 Å². The molecule has 1 aliphatic rings. The number of aryl methyl sites for hydroxylation is 1. The highest BCUT2D eigenvalue weighted by Crippen LogP contribution is 2.41. The highest BCUT2D eigenvalue weighted by Gasteiger charge is 2.49. The van der Waals surface area contributed by atoms with E-state index < -0.39 is 33.4 Å². The van der Waals surface area contributed by atoms with E-state index in [4.69, 9.17) is 4.74 Å². The third-order valence-electron chi connectivity index (χ3n) is 5.14. The van der Waals surface area contributed by atoms with Crippen LogP contribution in [0.1, 0.15) is 38.0 Å². The molecule has 162 valence electrons. The van der Waals surface area contributed by atoms with E-state index >= 15 is 0 Å². The summed E-state index contributed by atoms with van der Waals surface area (Å²) in [6.07, 6.45) is 3.32. The minimum Gasteiger partial charge on any atom is -0.375 e. The molecule has 4 rings (SSSR count). The van der Waals surface area contributed by atoms with Gasteiger partial charge in [0.05, 0.1) is 17.1 Å². The van der Waals surface area contributed by atoms with Crippen LogP contribution in [0, 0.1) is 5.82 Å². The fraction of sp³-hybridized carbons (Fsp3) is 0.421. The molecule has 3 aromatic rings. The normalized spacial score (nSPS) is 18.2. The van der Waals surface area contributed by atoms with Crippen LogP contribution in [0.3, 0.4) is 0 Å². The molecule has 0 saturated carbocycles. The van der Waals surface area contributed by atoms with E-state index in [0.29, 0.717) is 23.9 Å². The molecule has 2 heterocycles. The van der Waals surface area contributed by atoms with E-state index in [9.17, 15) is 26.0 Å². The maximum atomic E-state index is 14.4. The van der Waals surface area contributed by atoms with Gasteiger partial charge in [-0.2, -0.15) is 26.7 Å². The first-order chi connectivity index (χ1) is 14.1. The lowest BCUT2D eigenvalue weighted by Crippen LogP contribution is -2.28. The van der Waals surface area contributed by atoms with Crippen molar-refractivity contribution in [3.05, 3.63) is 35.8 Å². The Balaban J connectivity index is 2.03. The highest BCUT2D eigenvalue weighted by atomic mass is 32.2. The molecule has 1 unspecified atom stereocenters. The van der Waals surface area contributed by atoms with Crippen LogP contribution in [0.4, 0.5) is 17.6 Å². The Hall–Kier alpha value is -2.40. The molecule has 1 aromatic heterocycles. The van der Waals surface area contributed by atoms with Crippen LogP contribution in [-0.2, 0) is 21.3 Å². The van der Waals surface area contributed by atoms with E-state index in [1.807, 2.05) is 0 Å². The second-order valence-electron chi connectivity index (χ2n) is 7.01. The summed E-state index contributed by atoms with van der Waals surface area (Å²) in [6, 6.07) is 4.18. The fourth-order valence-electron chi connectivity index (χ4n) is 3.74. The molecule has 6 nitrogen and oxygen atoms in total. The van der Waals surface area contributed by atoms with Gasteiger partial charge in [0.1, 0.15) is 5.82 Å². The average Bonchev–Trinajstić information content (AvgIpc) is 3.11. The first kappa shape index (κ1) is 20.9. The Labute approximate surface area is 169 Å². The Bertz CT molecular complexity index is 1210. The Morgan fingerprint density at radius 3 is 2.70 bits per heavy atom. The third kappa shape index (κ3) is 3.39. The molecule has 1 atom stereocenters. The predicted molar refractivity (Wildman–Crippen MR) is 101 cm³/mol. The summed E-state index contributed by atoms with van der Waals surface area (Å²) in [5.74, 6) is -1.25. The number of alkyl halides is 3. The zero-order valence-corrected chi connectivity index (χ0v) is 16.7. The van der Waals surface area contributed by atoms with E-state index in [0.717, 1.165) is 12.8 Å². The van der Waals surface area contributed by atoms with Crippen molar-refractivity contribution in [1.82, 2.24) is 9.78 Å². The maximum Gasteiger partial charge on any atom is 0.534 e. The lowest BCUT2D eigenvalue weighted by Gasteiger charge is -2.23. The number of fused-ring (bicyclic) bond motifs is 2. The van der Waals surface area contributed by atoms with Crippen molar-refractivity contribution in [2.45, 2.75) is 44.3 Å². The number of halogens is 4. The Morgan fingerprint density at radius 1 is 1.30 bits per heavy atom. The summed E-state index contributed by atoms with van der Waals surface area (Å²) in [5.41, 5.74) is -5.23. The van der Waals surface area contributed by atoms with Crippen molar-refractivity contribution in [3.63, 3.8) is 0 Å². The summed E-state index contributed by atoms with van der Waals surface area (Å²) in [4.78, 5) is 0. The van der Waals surface area contributed by atoms with Crippen LogP contribution in [0.15, 0.2) is 24.4 Å². The molecule has 1 aliphatic heterocycles. The van der Waals surface area contributed by atoms with E-state index in [1.165, 1.54) is 23.0 Å². The smallest absolute Gasteiger partial charge is 0.375 e. The van der Waals surface area contributed by atoms with Gasteiger partial charge in [-0.1, -0.05) is 13.0 Å². The maximum absolute atomic E-state index is 14.4. The zero-order valence-electron chi connectivity index (χ0n) is 15.9. The van der Waals surface area contributed by atoms with Crippen LogP contribution in [0.5, 0.6) is 5.75 Å². The van der Waals surface area contributed by atoms with E-state index in [-0.39, 0.29) is 22.8 Å². The summed E-state index contributed by atoms with van der Waals surface area (Å²) >= 11 is 0. The van der Waals surface area contributed by atoms with Crippen molar-refractivity contribution < 1.29 is 34.9 Å². The molecule has 0 amide bonds. The van der Waals surface area contributed by atoms with Crippen molar-refractivity contribution in [3.8, 4) is 5.75 Å². The number of ether oxygens (including phenoxy) is 1. The van der Waals surface area contributed by atoms with Gasteiger partial charge >= 0.3 is 15.6 Å². The van der Waals surface area contributed by atoms with Gasteiger partial charge in [-0.05, 0) is 48.8 Å². The molecule has 0 aliphatic carbocycles. The summed E-state index contributed by atoms with van der Waals surface area (Å²) in [6.45, 7) is 2.12. The first-order valence-electron chi connectivity index (χ1n) is 9.37. The van der Waals surface area contributed by atoms with Gasteiger partial charge < -0.3 is 8.92 Å². The van der Waals surface area contributed by atoms with Crippen LogP contribution in [-0.4, -0.2) is 30.3 Å². The quantitative estimate of drug-likeness (QED) is 0.327. The molecule has 1 saturated heterocycles. The summed E-state index contributed by atoms with van der Waals surface area (Å²) in [7, 11) is -5.98. The molecule has 0 radical (unpaired) electrons. The van der Waals surface area contributed by atoms with Crippen molar-refractivity contribution in [2.75, 3.05) is 6.61 Å². The number of aromatic nitrogens is 2. The molecular formula is C19H18F4N2O4S. The molecular weight excluding hydrogens is 428 g/mol. The van der Waals surface area contributed by atoms with Crippen molar-refractivity contribution in [2.24, 2.45) is 0 Å². The first-order valence-corrected chi connectivity index (χ1v) is 10.8.